The Balaban J connectivity index is 1.82. The molecular weight excluding hydrogens is 268 g/mol. The summed E-state index contributed by atoms with van der Waals surface area (Å²) in [5.74, 6) is 0.936. The average molecular weight is 284 g/mol. The molecule has 1 amide bonds. The molecule has 3 rings (SSSR count). The van der Waals surface area contributed by atoms with E-state index in [4.69, 9.17) is 15.2 Å². The number of fused-ring (bicyclic) bond motifs is 1. The molecule has 0 saturated heterocycles. The first-order valence-corrected chi connectivity index (χ1v) is 6.65. The molecule has 1 aliphatic heterocycles. The third kappa shape index (κ3) is 2.50. The molecule has 2 aromatic carbocycles. The van der Waals surface area contributed by atoms with Gasteiger partial charge in [0, 0.05) is 11.6 Å². The molecule has 0 fully saturated rings. The second kappa shape index (κ2) is 5.36. The van der Waals surface area contributed by atoms with Crippen LogP contribution in [0.5, 0.6) is 11.5 Å². The molecule has 2 aromatic rings. The number of benzene rings is 2. The summed E-state index contributed by atoms with van der Waals surface area (Å²) in [6, 6.07) is 12.7. The van der Waals surface area contributed by atoms with Gasteiger partial charge >= 0.3 is 0 Å². The Kier molecular flexibility index (Phi) is 3.39. The lowest BCUT2D eigenvalue weighted by molar-refractivity contribution is -0.117. The summed E-state index contributed by atoms with van der Waals surface area (Å²) >= 11 is 0. The highest BCUT2D eigenvalue weighted by molar-refractivity contribution is 5.99. The van der Waals surface area contributed by atoms with Crippen LogP contribution < -0.4 is 20.5 Å². The highest BCUT2D eigenvalue weighted by Gasteiger charge is 2.30. The van der Waals surface area contributed by atoms with E-state index in [1.807, 2.05) is 24.3 Å². The van der Waals surface area contributed by atoms with Gasteiger partial charge in [-0.15, -0.1) is 0 Å². The first kappa shape index (κ1) is 13.3. The minimum absolute atomic E-state index is 0.139. The molecule has 0 saturated carbocycles. The van der Waals surface area contributed by atoms with E-state index in [2.05, 4.69) is 5.32 Å². The van der Waals surface area contributed by atoms with Gasteiger partial charge in [-0.05, 0) is 18.2 Å². The molecule has 1 unspecified atom stereocenters. The zero-order chi connectivity index (χ0) is 14.8. The van der Waals surface area contributed by atoms with Crippen molar-refractivity contribution in [3.63, 3.8) is 0 Å². The zero-order valence-corrected chi connectivity index (χ0v) is 11.6. The van der Waals surface area contributed by atoms with Crippen molar-refractivity contribution in [2.24, 2.45) is 0 Å². The normalized spacial score (nSPS) is 16.0. The minimum Gasteiger partial charge on any atom is -0.497 e. The Morgan fingerprint density at radius 2 is 2.14 bits per heavy atom. The first-order valence-electron chi connectivity index (χ1n) is 6.65. The van der Waals surface area contributed by atoms with Gasteiger partial charge in [-0.1, -0.05) is 18.2 Å². The number of para-hydroxylation sites is 1. The SMILES string of the molecule is COc1ccc(N)c(NC(=O)C2COc3ccccc32)c1. The van der Waals surface area contributed by atoms with Gasteiger partial charge < -0.3 is 20.5 Å². The lowest BCUT2D eigenvalue weighted by Crippen LogP contribution is -2.22. The molecule has 0 spiro atoms. The summed E-state index contributed by atoms with van der Waals surface area (Å²) < 4.78 is 10.7. The number of anilines is 2. The standard InChI is InChI=1S/C16H16N2O3/c1-20-10-6-7-13(17)14(8-10)18-16(19)12-9-21-15-5-3-2-4-11(12)15/h2-8,12H,9,17H2,1H3,(H,18,19). The monoisotopic (exact) mass is 284 g/mol. The van der Waals surface area contributed by atoms with Crippen LogP contribution in [0.25, 0.3) is 0 Å². The molecule has 1 aliphatic rings. The number of nitrogens with one attached hydrogen (secondary N) is 1. The number of hydrogen-bond acceptors (Lipinski definition) is 4. The van der Waals surface area contributed by atoms with E-state index in [0.29, 0.717) is 23.7 Å². The van der Waals surface area contributed by atoms with Gasteiger partial charge in [0.2, 0.25) is 5.91 Å². The number of rotatable bonds is 3. The molecule has 3 N–H and O–H groups in total. The Morgan fingerprint density at radius 3 is 2.95 bits per heavy atom. The van der Waals surface area contributed by atoms with E-state index in [9.17, 15) is 4.79 Å². The van der Waals surface area contributed by atoms with Gasteiger partial charge in [0.15, 0.2) is 0 Å². The van der Waals surface area contributed by atoms with Crippen molar-refractivity contribution >= 4 is 17.3 Å². The third-order valence-corrected chi connectivity index (χ3v) is 3.53. The van der Waals surface area contributed by atoms with Crippen LogP contribution in [0.2, 0.25) is 0 Å². The molecule has 21 heavy (non-hydrogen) atoms. The first-order chi connectivity index (χ1) is 10.2. The molecule has 0 aliphatic carbocycles. The van der Waals surface area contributed by atoms with E-state index in [1.165, 1.54) is 0 Å². The van der Waals surface area contributed by atoms with Crippen LogP contribution in [0, 0.1) is 0 Å². The van der Waals surface area contributed by atoms with Gasteiger partial charge in [-0.2, -0.15) is 0 Å². The number of hydrogen-bond donors (Lipinski definition) is 2. The second-order valence-corrected chi connectivity index (χ2v) is 4.84. The predicted molar refractivity (Wildman–Crippen MR) is 80.7 cm³/mol. The lowest BCUT2D eigenvalue weighted by atomic mass is 10.0. The highest BCUT2D eigenvalue weighted by atomic mass is 16.5. The number of amides is 1. The van der Waals surface area contributed by atoms with Crippen molar-refractivity contribution in [1.29, 1.82) is 0 Å². The van der Waals surface area contributed by atoms with Crippen LogP contribution in [0.1, 0.15) is 11.5 Å². The van der Waals surface area contributed by atoms with Crippen LogP contribution in [0.15, 0.2) is 42.5 Å². The van der Waals surface area contributed by atoms with Crippen LogP contribution >= 0.6 is 0 Å². The van der Waals surface area contributed by atoms with Crippen LogP contribution in [-0.2, 0) is 4.79 Å². The van der Waals surface area contributed by atoms with Crippen molar-refractivity contribution in [3.8, 4) is 11.5 Å². The largest absolute Gasteiger partial charge is 0.497 e. The molecule has 1 heterocycles. The summed E-state index contributed by atoms with van der Waals surface area (Å²) in [6.45, 7) is 0.342. The predicted octanol–water partition coefficient (Wildman–Crippen LogP) is 2.39. The zero-order valence-electron chi connectivity index (χ0n) is 11.6. The Bertz CT molecular complexity index is 685. The minimum atomic E-state index is -0.327. The smallest absolute Gasteiger partial charge is 0.235 e. The fourth-order valence-corrected chi connectivity index (χ4v) is 2.37. The maximum Gasteiger partial charge on any atom is 0.235 e. The highest BCUT2D eigenvalue weighted by Crippen LogP contribution is 2.35. The van der Waals surface area contributed by atoms with Crippen molar-refractivity contribution in [2.45, 2.75) is 5.92 Å². The van der Waals surface area contributed by atoms with Gasteiger partial charge in [0.25, 0.3) is 0 Å². The fourth-order valence-electron chi connectivity index (χ4n) is 2.37. The summed E-state index contributed by atoms with van der Waals surface area (Å²) in [5.41, 5.74) is 7.83. The van der Waals surface area contributed by atoms with Crippen LogP contribution in [-0.4, -0.2) is 19.6 Å². The number of carbonyl (C=O) groups is 1. The van der Waals surface area contributed by atoms with Gasteiger partial charge in [-0.3, -0.25) is 4.79 Å². The quantitative estimate of drug-likeness (QED) is 0.849. The van der Waals surface area contributed by atoms with E-state index in [0.717, 1.165) is 11.3 Å². The summed E-state index contributed by atoms with van der Waals surface area (Å²) in [6.07, 6.45) is 0. The number of ether oxygens (including phenoxy) is 2. The topological polar surface area (TPSA) is 73.6 Å². The second-order valence-electron chi connectivity index (χ2n) is 4.84. The number of nitrogen functional groups attached to an aromatic ring is 1. The molecule has 0 bridgehead atoms. The van der Waals surface area contributed by atoms with Crippen molar-refractivity contribution < 1.29 is 14.3 Å². The maximum atomic E-state index is 12.4. The van der Waals surface area contributed by atoms with Gasteiger partial charge in [-0.25, -0.2) is 0 Å². The molecule has 0 aromatic heterocycles. The fraction of sp³-hybridized carbons (Fsp3) is 0.188. The lowest BCUT2D eigenvalue weighted by Gasteiger charge is -2.13. The Hall–Kier alpha value is -2.69. The number of nitrogens with two attached hydrogens (primary N) is 1. The molecular formula is C16H16N2O3. The van der Waals surface area contributed by atoms with E-state index in [1.54, 1.807) is 25.3 Å². The molecule has 5 heteroatoms. The molecule has 1 atom stereocenters. The Labute approximate surface area is 122 Å². The van der Waals surface area contributed by atoms with Gasteiger partial charge in [0.1, 0.15) is 24.0 Å². The molecule has 108 valence electrons. The van der Waals surface area contributed by atoms with E-state index < -0.39 is 0 Å². The van der Waals surface area contributed by atoms with Crippen LogP contribution in [0.4, 0.5) is 11.4 Å². The average Bonchev–Trinajstić information content (AvgIpc) is 2.93. The van der Waals surface area contributed by atoms with Crippen LogP contribution in [0.3, 0.4) is 0 Å². The summed E-state index contributed by atoms with van der Waals surface area (Å²) in [4.78, 5) is 12.4. The van der Waals surface area contributed by atoms with Crippen molar-refractivity contribution in [1.82, 2.24) is 0 Å². The third-order valence-electron chi connectivity index (χ3n) is 3.53. The maximum absolute atomic E-state index is 12.4. The number of methoxy groups -OCH3 is 1. The van der Waals surface area contributed by atoms with E-state index in [-0.39, 0.29) is 11.8 Å². The number of carbonyl (C=O) groups excluding carboxylic acids is 1. The molecule has 0 radical (unpaired) electrons. The Morgan fingerprint density at radius 1 is 1.33 bits per heavy atom. The summed E-state index contributed by atoms with van der Waals surface area (Å²) in [5, 5.41) is 2.84. The van der Waals surface area contributed by atoms with Gasteiger partial charge in [0.05, 0.1) is 18.5 Å². The summed E-state index contributed by atoms with van der Waals surface area (Å²) in [7, 11) is 1.57. The van der Waals surface area contributed by atoms with Crippen molar-refractivity contribution in [3.05, 3.63) is 48.0 Å². The van der Waals surface area contributed by atoms with E-state index >= 15 is 0 Å². The van der Waals surface area contributed by atoms with Crippen molar-refractivity contribution in [2.75, 3.05) is 24.8 Å². The molecule has 5 nitrogen and oxygen atoms in total.